The maximum absolute atomic E-state index is 13.7. The van der Waals surface area contributed by atoms with Crippen molar-refractivity contribution in [3.05, 3.63) is 78.1 Å². The Morgan fingerprint density at radius 3 is 2.27 bits per heavy atom. The van der Waals surface area contributed by atoms with E-state index in [0.29, 0.717) is 22.7 Å². The molecule has 0 spiro atoms. The number of amides is 3. The summed E-state index contributed by atoms with van der Waals surface area (Å²) in [6.45, 7) is 3.16. The van der Waals surface area contributed by atoms with Crippen LogP contribution >= 0.6 is 0 Å². The second-order valence-corrected chi connectivity index (χ2v) is 8.90. The molecule has 0 aliphatic heterocycles. The molecule has 0 aliphatic rings. The van der Waals surface area contributed by atoms with Crippen LogP contribution in [0.25, 0.3) is 0 Å². The van der Waals surface area contributed by atoms with Gasteiger partial charge < -0.3 is 24.8 Å². The van der Waals surface area contributed by atoms with Crippen molar-refractivity contribution in [2.75, 3.05) is 31.5 Å². The second kappa shape index (κ2) is 14.3. The number of rotatable bonds is 12. The molecule has 11 heteroatoms. The fourth-order valence-corrected chi connectivity index (χ4v) is 3.63. The number of nitrogens with zero attached hydrogens (tertiary/aromatic N) is 1. The van der Waals surface area contributed by atoms with Gasteiger partial charge in [0.05, 0.1) is 26.1 Å². The van der Waals surface area contributed by atoms with Crippen molar-refractivity contribution in [2.45, 2.75) is 13.8 Å². The summed E-state index contributed by atoms with van der Waals surface area (Å²) in [6.07, 6.45) is 1.38. The van der Waals surface area contributed by atoms with Crippen LogP contribution in [0.1, 0.15) is 19.4 Å². The Hall–Kier alpha value is -4.93. The van der Waals surface area contributed by atoms with Gasteiger partial charge in [0, 0.05) is 5.69 Å². The number of carbonyl (C=O) groups is 3. The predicted octanol–water partition coefficient (Wildman–Crippen LogP) is 4.22. The number of anilines is 2. The number of benzene rings is 3. The van der Waals surface area contributed by atoms with Gasteiger partial charge in [0.15, 0.2) is 18.1 Å². The van der Waals surface area contributed by atoms with Crippen LogP contribution in [0.3, 0.4) is 0 Å². The van der Waals surface area contributed by atoms with E-state index >= 15 is 0 Å². The van der Waals surface area contributed by atoms with Crippen LogP contribution in [0.5, 0.6) is 17.2 Å². The van der Waals surface area contributed by atoms with Gasteiger partial charge in [-0.2, -0.15) is 5.10 Å². The average molecular weight is 551 g/mol. The molecule has 0 saturated heterocycles. The van der Waals surface area contributed by atoms with Crippen molar-refractivity contribution in [1.82, 2.24) is 5.43 Å². The fourth-order valence-electron chi connectivity index (χ4n) is 3.63. The van der Waals surface area contributed by atoms with Crippen molar-refractivity contribution in [2.24, 2.45) is 16.9 Å². The Labute approximate surface area is 231 Å². The van der Waals surface area contributed by atoms with Crippen molar-refractivity contribution in [3.63, 3.8) is 0 Å². The minimum Gasteiger partial charge on any atom is -0.497 e. The largest absolute Gasteiger partial charge is 0.497 e. The van der Waals surface area contributed by atoms with Crippen molar-refractivity contribution >= 4 is 35.3 Å². The Balaban J connectivity index is 1.57. The smallest absolute Gasteiger partial charge is 0.262 e. The van der Waals surface area contributed by atoms with Crippen LogP contribution < -0.4 is 30.3 Å². The molecule has 0 saturated carbocycles. The SMILES string of the molecule is COc1ccc(NC(=O)C(C(=O)NN=Cc2ccc(OCC(=O)Nc3ccccc3F)c(OC)c2)C(C)C)cc1. The van der Waals surface area contributed by atoms with Crippen LogP contribution in [0, 0.1) is 17.7 Å². The van der Waals surface area contributed by atoms with Crippen LogP contribution in [0.15, 0.2) is 71.8 Å². The number of nitrogens with one attached hydrogen (secondary N) is 3. The van der Waals surface area contributed by atoms with E-state index in [1.165, 1.54) is 31.5 Å². The summed E-state index contributed by atoms with van der Waals surface area (Å²) in [5.74, 6) is -2.17. The van der Waals surface area contributed by atoms with Gasteiger partial charge in [-0.25, -0.2) is 9.82 Å². The van der Waals surface area contributed by atoms with Gasteiger partial charge in [-0.15, -0.1) is 0 Å². The highest BCUT2D eigenvalue weighted by molar-refractivity contribution is 6.06. The molecule has 3 N–H and O–H groups in total. The first-order valence-electron chi connectivity index (χ1n) is 12.3. The first-order chi connectivity index (χ1) is 19.2. The number of ether oxygens (including phenoxy) is 3. The van der Waals surface area contributed by atoms with Gasteiger partial charge >= 0.3 is 0 Å². The van der Waals surface area contributed by atoms with Crippen molar-refractivity contribution in [1.29, 1.82) is 0 Å². The molecule has 3 amide bonds. The number of methoxy groups -OCH3 is 2. The molecule has 10 nitrogen and oxygen atoms in total. The van der Waals surface area contributed by atoms with E-state index in [4.69, 9.17) is 14.2 Å². The number of hydrogen-bond donors (Lipinski definition) is 3. The van der Waals surface area contributed by atoms with Crippen molar-refractivity contribution in [3.8, 4) is 17.2 Å². The first kappa shape index (κ1) is 29.6. The lowest BCUT2D eigenvalue weighted by molar-refractivity contribution is -0.134. The van der Waals surface area contributed by atoms with Gasteiger partial charge in [-0.3, -0.25) is 14.4 Å². The summed E-state index contributed by atoms with van der Waals surface area (Å²) >= 11 is 0. The third kappa shape index (κ3) is 8.29. The van der Waals surface area contributed by atoms with E-state index in [1.54, 1.807) is 69.5 Å². The lowest BCUT2D eigenvalue weighted by Crippen LogP contribution is -2.39. The summed E-state index contributed by atoms with van der Waals surface area (Å²) in [4.78, 5) is 37.7. The highest BCUT2D eigenvalue weighted by Crippen LogP contribution is 2.27. The topological polar surface area (TPSA) is 127 Å². The fraction of sp³-hybridized carbons (Fsp3) is 0.241. The molecule has 1 unspecified atom stereocenters. The average Bonchev–Trinajstić information content (AvgIpc) is 2.93. The summed E-state index contributed by atoms with van der Waals surface area (Å²) in [5.41, 5.74) is 3.56. The molecule has 210 valence electrons. The normalized spacial score (nSPS) is 11.6. The van der Waals surface area contributed by atoms with E-state index in [1.807, 2.05) is 0 Å². The van der Waals surface area contributed by atoms with Gasteiger partial charge in [0.25, 0.3) is 11.8 Å². The zero-order chi connectivity index (χ0) is 29.1. The highest BCUT2D eigenvalue weighted by atomic mass is 19.1. The van der Waals surface area contributed by atoms with Crippen LogP contribution in [-0.2, 0) is 14.4 Å². The highest BCUT2D eigenvalue weighted by Gasteiger charge is 2.30. The van der Waals surface area contributed by atoms with E-state index in [0.717, 1.165) is 0 Å². The minimum atomic E-state index is -0.986. The molecule has 0 aliphatic carbocycles. The third-order valence-corrected chi connectivity index (χ3v) is 5.67. The number of hydrogen-bond acceptors (Lipinski definition) is 7. The van der Waals surface area contributed by atoms with Gasteiger partial charge in [0.1, 0.15) is 17.5 Å². The van der Waals surface area contributed by atoms with E-state index < -0.39 is 29.5 Å². The van der Waals surface area contributed by atoms with Crippen LogP contribution in [0.4, 0.5) is 15.8 Å². The molecular weight excluding hydrogens is 519 g/mol. The summed E-state index contributed by atoms with van der Waals surface area (Å²) in [6, 6.07) is 17.4. The van der Waals surface area contributed by atoms with Crippen LogP contribution in [0.2, 0.25) is 0 Å². The van der Waals surface area contributed by atoms with E-state index in [-0.39, 0.29) is 24.0 Å². The third-order valence-electron chi connectivity index (χ3n) is 5.67. The molecule has 1 atom stereocenters. The number of carbonyl (C=O) groups excluding carboxylic acids is 3. The van der Waals surface area contributed by atoms with E-state index in [9.17, 15) is 18.8 Å². The lowest BCUT2D eigenvalue weighted by atomic mass is 9.94. The molecule has 3 aromatic carbocycles. The zero-order valence-corrected chi connectivity index (χ0v) is 22.6. The molecule has 0 bridgehead atoms. The molecule has 0 radical (unpaired) electrons. The molecule has 0 heterocycles. The Kier molecular flexibility index (Phi) is 10.6. The van der Waals surface area contributed by atoms with E-state index in [2.05, 4.69) is 21.2 Å². The molecule has 0 aromatic heterocycles. The number of hydrazone groups is 1. The Morgan fingerprint density at radius 1 is 0.900 bits per heavy atom. The Morgan fingerprint density at radius 2 is 1.62 bits per heavy atom. The molecular formula is C29H31FN4O6. The molecule has 3 rings (SSSR count). The minimum absolute atomic E-state index is 0.0505. The molecule has 0 fully saturated rings. The zero-order valence-electron chi connectivity index (χ0n) is 22.6. The summed E-state index contributed by atoms with van der Waals surface area (Å²) < 4.78 is 29.7. The summed E-state index contributed by atoms with van der Waals surface area (Å²) in [7, 11) is 2.97. The van der Waals surface area contributed by atoms with Crippen molar-refractivity contribution < 1.29 is 33.0 Å². The molecule has 40 heavy (non-hydrogen) atoms. The maximum atomic E-state index is 13.7. The number of para-hydroxylation sites is 1. The monoisotopic (exact) mass is 550 g/mol. The van der Waals surface area contributed by atoms with Gasteiger partial charge in [-0.1, -0.05) is 26.0 Å². The quantitative estimate of drug-likeness (QED) is 0.176. The van der Waals surface area contributed by atoms with Crippen LogP contribution in [-0.4, -0.2) is 44.8 Å². The van der Waals surface area contributed by atoms with Gasteiger partial charge in [-0.05, 0) is 66.1 Å². The summed E-state index contributed by atoms with van der Waals surface area (Å²) in [5, 5.41) is 9.15. The predicted molar refractivity (Wildman–Crippen MR) is 149 cm³/mol. The standard InChI is InChI=1S/C29H31FN4O6/c1-18(2)27(28(36)32-20-10-12-21(38-3)13-11-20)29(37)34-31-16-19-9-14-24(25(15-19)39-4)40-17-26(35)33-23-8-6-5-7-22(23)30/h5-16,18,27H,17H2,1-4H3,(H,32,36)(H,33,35)(H,34,37). The second-order valence-electron chi connectivity index (χ2n) is 8.90. The lowest BCUT2D eigenvalue weighted by Gasteiger charge is -2.18. The van der Waals surface area contributed by atoms with Gasteiger partial charge in [0.2, 0.25) is 5.91 Å². The first-order valence-corrected chi connectivity index (χ1v) is 12.3. The maximum Gasteiger partial charge on any atom is 0.262 e. The Bertz CT molecular complexity index is 1360. The number of halogens is 1. The molecule has 3 aromatic rings.